The molecular formula is C25H19IN6O2S. The summed E-state index contributed by atoms with van der Waals surface area (Å²) in [7, 11) is 3.39. The van der Waals surface area contributed by atoms with Crippen molar-refractivity contribution in [2.75, 3.05) is 25.6 Å². The van der Waals surface area contributed by atoms with Crippen molar-refractivity contribution in [1.29, 1.82) is 0 Å². The summed E-state index contributed by atoms with van der Waals surface area (Å²) in [5.41, 5.74) is 5.55. The minimum absolute atomic E-state index is 0.397. The van der Waals surface area contributed by atoms with Crippen LogP contribution in [0.2, 0.25) is 0 Å². The molecule has 0 radical (unpaired) electrons. The summed E-state index contributed by atoms with van der Waals surface area (Å²) in [6.07, 6.45) is 11.3. The van der Waals surface area contributed by atoms with Crippen LogP contribution in [0.15, 0.2) is 55.1 Å². The fourth-order valence-electron chi connectivity index (χ4n) is 4.09. The molecule has 0 amide bonds. The van der Waals surface area contributed by atoms with Gasteiger partial charge in [-0.25, -0.2) is 4.98 Å². The number of hydrogen-bond acceptors (Lipinski definition) is 8. The second-order valence-corrected chi connectivity index (χ2v) is 9.59. The molecule has 0 aliphatic carbocycles. The Morgan fingerprint density at radius 1 is 1.00 bits per heavy atom. The number of aromatic nitrogens is 5. The first-order chi connectivity index (χ1) is 17.2. The molecule has 1 aliphatic heterocycles. The molecule has 1 aliphatic rings. The van der Waals surface area contributed by atoms with E-state index in [4.69, 9.17) is 19.4 Å². The molecule has 8 nitrogen and oxygen atoms in total. The highest BCUT2D eigenvalue weighted by Crippen LogP contribution is 2.37. The molecule has 4 aromatic heterocycles. The molecule has 0 spiro atoms. The highest BCUT2D eigenvalue weighted by molar-refractivity contribution is 14.2. The molecule has 35 heavy (non-hydrogen) atoms. The summed E-state index contributed by atoms with van der Waals surface area (Å²) in [4.78, 5) is 18.5. The van der Waals surface area contributed by atoms with Gasteiger partial charge in [0.25, 0.3) is 0 Å². The molecule has 0 saturated heterocycles. The lowest BCUT2D eigenvalue weighted by Gasteiger charge is -2.09. The highest BCUT2D eigenvalue weighted by Gasteiger charge is 2.18. The van der Waals surface area contributed by atoms with Gasteiger partial charge in [-0.05, 0) is 41.5 Å². The van der Waals surface area contributed by atoms with E-state index < -0.39 is 0 Å². The SMILES string of the molecule is CNc1nc2c3c(cn(SI)c3n1)-c1ccc3ncc(cc3c1)OCCOc1cncc(c1)/C=C/2. The number of hydrogen-bond donors (Lipinski definition) is 1. The number of anilines is 1. The van der Waals surface area contributed by atoms with Crippen LogP contribution in [0.5, 0.6) is 11.5 Å². The minimum Gasteiger partial charge on any atom is -0.488 e. The maximum atomic E-state index is 5.91. The van der Waals surface area contributed by atoms with Crippen molar-refractivity contribution in [3.63, 3.8) is 0 Å². The summed E-state index contributed by atoms with van der Waals surface area (Å²) < 4.78 is 13.8. The Labute approximate surface area is 217 Å². The van der Waals surface area contributed by atoms with E-state index in [1.165, 1.54) is 0 Å². The number of benzene rings is 1. The molecular weight excluding hydrogens is 575 g/mol. The lowest BCUT2D eigenvalue weighted by molar-refractivity contribution is 0.216. The summed E-state index contributed by atoms with van der Waals surface area (Å²) in [5.74, 6) is 1.93. The van der Waals surface area contributed by atoms with Gasteiger partial charge in [0.2, 0.25) is 5.95 Å². The number of nitrogens with one attached hydrogen (secondary N) is 1. The molecule has 5 aromatic rings. The number of halogens is 1. The van der Waals surface area contributed by atoms with Crippen LogP contribution in [0.3, 0.4) is 0 Å². The van der Waals surface area contributed by atoms with Gasteiger partial charge < -0.3 is 14.8 Å². The van der Waals surface area contributed by atoms with Crippen molar-refractivity contribution in [1.82, 2.24) is 23.9 Å². The normalized spacial score (nSPS) is 14.0. The number of pyridine rings is 2. The van der Waals surface area contributed by atoms with Crippen molar-refractivity contribution in [3.8, 4) is 22.6 Å². The highest BCUT2D eigenvalue weighted by atomic mass is 127. The minimum atomic E-state index is 0.397. The molecule has 1 aromatic carbocycles. The Kier molecular flexibility index (Phi) is 5.90. The van der Waals surface area contributed by atoms with E-state index in [1.54, 1.807) is 27.7 Å². The first kappa shape index (κ1) is 22.1. The monoisotopic (exact) mass is 594 g/mol. The standard InChI is InChI=1S/C25H19IN6O2S/c1-27-25-30-22-4-2-15-8-18(12-28-11-15)33-6-7-34-19-10-17-9-16(3-5-21(17)29-13-19)20-14-32(35-26)24(31-25)23(20)22/h2-5,8-14H,6-7H2,1H3,(H,27,30,31)/b4-2+. The van der Waals surface area contributed by atoms with Crippen LogP contribution in [0, 0.1) is 0 Å². The quantitative estimate of drug-likeness (QED) is 0.254. The zero-order chi connectivity index (χ0) is 23.8. The summed E-state index contributed by atoms with van der Waals surface area (Å²) >= 11 is 2.27. The maximum absolute atomic E-state index is 5.91. The van der Waals surface area contributed by atoms with Gasteiger partial charge in [-0.15, -0.1) is 0 Å². The van der Waals surface area contributed by atoms with Gasteiger partial charge in [0.05, 0.1) is 29.0 Å². The molecule has 1 N–H and O–H groups in total. The van der Waals surface area contributed by atoms with Crippen LogP contribution in [-0.4, -0.2) is 44.2 Å². The maximum Gasteiger partial charge on any atom is 0.225 e. The van der Waals surface area contributed by atoms with Crippen molar-refractivity contribution >= 4 is 70.4 Å². The predicted molar refractivity (Wildman–Crippen MR) is 149 cm³/mol. The van der Waals surface area contributed by atoms with E-state index in [1.807, 2.05) is 37.4 Å². The summed E-state index contributed by atoms with van der Waals surface area (Å²) in [6, 6.07) is 10.2. The molecule has 0 fully saturated rings. The van der Waals surface area contributed by atoms with Crippen molar-refractivity contribution in [2.45, 2.75) is 0 Å². The van der Waals surface area contributed by atoms with E-state index in [2.05, 4.69) is 58.8 Å². The molecule has 5 heterocycles. The van der Waals surface area contributed by atoms with Gasteiger partial charge in [0.15, 0.2) is 5.65 Å². The van der Waals surface area contributed by atoms with Gasteiger partial charge in [0, 0.05) is 60.7 Å². The number of nitrogens with zero attached hydrogens (tertiary/aromatic N) is 5. The van der Waals surface area contributed by atoms with E-state index in [0.29, 0.717) is 30.7 Å². The average molecular weight is 594 g/mol. The van der Waals surface area contributed by atoms with E-state index in [-0.39, 0.29) is 0 Å². The Hall–Kier alpha value is -3.38. The molecule has 0 atom stereocenters. The molecule has 6 rings (SSSR count). The Morgan fingerprint density at radius 3 is 2.69 bits per heavy atom. The van der Waals surface area contributed by atoms with E-state index in [9.17, 15) is 0 Å². The van der Waals surface area contributed by atoms with Gasteiger partial charge >= 0.3 is 0 Å². The summed E-state index contributed by atoms with van der Waals surface area (Å²) in [6.45, 7) is 0.797. The topological polar surface area (TPSA) is 87.0 Å². The fraction of sp³-hybridized carbons (Fsp3) is 0.120. The third-order valence-electron chi connectivity index (χ3n) is 5.70. The van der Waals surface area contributed by atoms with Crippen LogP contribution < -0.4 is 14.8 Å². The Morgan fingerprint density at radius 2 is 1.86 bits per heavy atom. The van der Waals surface area contributed by atoms with Crippen molar-refractivity contribution in [2.24, 2.45) is 0 Å². The molecule has 5 bridgehead atoms. The molecule has 0 unspecified atom stereocenters. The third-order valence-corrected chi connectivity index (χ3v) is 7.40. The number of ether oxygens (including phenoxy) is 2. The first-order valence-corrected chi connectivity index (χ1v) is 14.2. The predicted octanol–water partition coefficient (Wildman–Crippen LogP) is 5.87. The van der Waals surface area contributed by atoms with Crippen LogP contribution in [0.4, 0.5) is 5.95 Å². The zero-order valence-electron chi connectivity index (χ0n) is 18.6. The van der Waals surface area contributed by atoms with E-state index in [0.717, 1.165) is 44.3 Å². The van der Waals surface area contributed by atoms with Gasteiger partial charge in [-0.3, -0.25) is 13.9 Å². The second-order valence-electron chi connectivity index (χ2n) is 7.88. The lowest BCUT2D eigenvalue weighted by atomic mass is 10.0. The molecule has 10 heteroatoms. The van der Waals surface area contributed by atoms with Crippen LogP contribution >= 0.6 is 30.3 Å². The largest absolute Gasteiger partial charge is 0.488 e. The first-order valence-electron chi connectivity index (χ1n) is 10.9. The summed E-state index contributed by atoms with van der Waals surface area (Å²) in [5, 5.41) is 5.05. The van der Waals surface area contributed by atoms with Crippen molar-refractivity contribution < 1.29 is 9.47 Å². The smallest absolute Gasteiger partial charge is 0.225 e. The van der Waals surface area contributed by atoms with Gasteiger partial charge in [0.1, 0.15) is 24.7 Å². The van der Waals surface area contributed by atoms with E-state index >= 15 is 0 Å². The third kappa shape index (κ3) is 4.27. The Bertz CT molecular complexity index is 1600. The lowest BCUT2D eigenvalue weighted by Crippen LogP contribution is -2.09. The fourth-order valence-corrected chi connectivity index (χ4v) is 5.33. The second kappa shape index (κ2) is 9.34. The number of fused-ring (bicyclic) bond motifs is 5. The average Bonchev–Trinajstić information content (AvgIpc) is 3.28. The number of rotatable bonds is 2. The zero-order valence-corrected chi connectivity index (χ0v) is 21.6. The van der Waals surface area contributed by atoms with Gasteiger partial charge in [-0.1, -0.05) is 12.1 Å². The molecule has 0 saturated carbocycles. The van der Waals surface area contributed by atoms with Crippen LogP contribution in [0.25, 0.3) is 45.2 Å². The Balaban J connectivity index is 1.63. The van der Waals surface area contributed by atoms with Gasteiger partial charge in [-0.2, -0.15) is 4.98 Å². The molecule has 174 valence electrons. The van der Waals surface area contributed by atoms with Crippen molar-refractivity contribution in [3.05, 3.63) is 66.4 Å². The van der Waals surface area contributed by atoms with Crippen LogP contribution in [-0.2, 0) is 0 Å². The van der Waals surface area contributed by atoms with Crippen LogP contribution in [0.1, 0.15) is 11.3 Å².